The highest BCUT2D eigenvalue weighted by molar-refractivity contribution is 8.13. The third-order valence-corrected chi connectivity index (χ3v) is 9.28. The van der Waals surface area contributed by atoms with Gasteiger partial charge in [0.15, 0.2) is 10.9 Å². The van der Waals surface area contributed by atoms with E-state index < -0.39 is 0 Å². The molecule has 0 saturated heterocycles. The number of nitrogens with zero attached hydrogens (tertiary/aromatic N) is 1. The highest BCUT2D eigenvalue weighted by Crippen LogP contribution is 2.67. The number of fused-ring (bicyclic) bond motifs is 5. The third kappa shape index (κ3) is 2.77. The lowest BCUT2D eigenvalue weighted by Crippen LogP contribution is -2.51. The summed E-state index contributed by atoms with van der Waals surface area (Å²) in [5, 5.41) is 9.07. The fourth-order valence-electron chi connectivity index (χ4n) is 7.21. The zero-order valence-electron chi connectivity index (χ0n) is 16.5. The number of hydrogen-bond donors (Lipinski definition) is 0. The third-order valence-electron chi connectivity index (χ3n) is 8.44. The van der Waals surface area contributed by atoms with Crippen LogP contribution < -0.4 is 0 Å². The number of thioether (sulfide) groups is 1. The predicted molar refractivity (Wildman–Crippen MR) is 108 cm³/mol. The van der Waals surface area contributed by atoms with Crippen molar-refractivity contribution in [3.05, 3.63) is 23.8 Å². The van der Waals surface area contributed by atoms with Crippen molar-refractivity contribution in [1.29, 1.82) is 5.26 Å². The summed E-state index contributed by atoms with van der Waals surface area (Å²) in [6.07, 6.45) is 11.3. The van der Waals surface area contributed by atoms with E-state index in [1.54, 1.807) is 6.08 Å². The standard InChI is InChI=1S/C23H29NO2S/c1-14-12-16-17-4-5-19(21(26)27-11-10-24)22(17,2)9-7-18(16)23(3)8-6-15(25)13-20(14)23/h6,8,13-14,16-19H,4-5,7,9,11-12H2,1-3H3/t14-,16-,17-,18-,19+,22-,23+/m0/s1. The normalized spacial score (nSPS) is 45.3. The Morgan fingerprint density at radius 2 is 2.07 bits per heavy atom. The van der Waals surface area contributed by atoms with Crippen LogP contribution in [0.15, 0.2) is 23.8 Å². The van der Waals surface area contributed by atoms with Crippen LogP contribution in [0, 0.1) is 51.8 Å². The molecule has 0 N–H and O–H groups in total. The van der Waals surface area contributed by atoms with Gasteiger partial charge in [0.25, 0.3) is 0 Å². The van der Waals surface area contributed by atoms with Gasteiger partial charge in [-0.05, 0) is 73.3 Å². The van der Waals surface area contributed by atoms with Gasteiger partial charge >= 0.3 is 0 Å². The van der Waals surface area contributed by atoms with Crippen molar-refractivity contribution < 1.29 is 9.59 Å². The van der Waals surface area contributed by atoms with Crippen molar-refractivity contribution in [2.45, 2.75) is 52.9 Å². The van der Waals surface area contributed by atoms with Crippen LogP contribution in [0.2, 0.25) is 0 Å². The Balaban J connectivity index is 1.63. The predicted octanol–water partition coefficient (Wildman–Crippen LogP) is 4.94. The summed E-state index contributed by atoms with van der Waals surface area (Å²) in [4.78, 5) is 24.7. The van der Waals surface area contributed by atoms with Gasteiger partial charge in [0.2, 0.25) is 0 Å². The van der Waals surface area contributed by atoms with Crippen LogP contribution in [-0.2, 0) is 9.59 Å². The Labute approximate surface area is 166 Å². The molecule has 0 radical (unpaired) electrons. The van der Waals surface area contributed by atoms with Gasteiger partial charge in [-0.3, -0.25) is 9.59 Å². The maximum atomic E-state index is 12.8. The second kappa shape index (κ2) is 6.62. The number of nitriles is 1. The summed E-state index contributed by atoms with van der Waals surface area (Å²) < 4.78 is 0. The molecular weight excluding hydrogens is 354 g/mol. The van der Waals surface area contributed by atoms with Crippen LogP contribution in [0.4, 0.5) is 0 Å². The summed E-state index contributed by atoms with van der Waals surface area (Å²) in [5.74, 6) is 2.71. The van der Waals surface area contributed by atoms with Crippen LogP contribution in [0.25, 0.3) is 0 Å². The molecule has 0 amide bonds. The Hall–Kier alpha value is -1.34. The topological polar surface area (TPSA) is 57.9 Å². The van der Waals surface area contributed by atoms with Gasteiger partial charge in [0.05, 0.1) is 11.8 Å². The highest BCUT2D eigenvalue weighted by Gasteiger charge is 2.60. The van der Waals surface area contributed by atoms with E-state index in [1.165, 1.54) is 17.3 Å². The maximum absolute atomic E-state index is 12.8. The van der Waals surface area contributed by atoms with E-state index in [0.29, 0.717) is 23.7 Å². The molecule has 4 aliphatic carbocycles. The van der Waals surface area contributed by atoms with Crippen LogP contribution in [0.3, 0.4) is 0 Å². The molecule has 0 aromatic rings. The van der Waals surface area contributed by atoms with Gasteiger partial charge in [-0.1, -0.05) is 44.2 Å². The van der Waals surface area contributed by atoms with Crippen molar-refractivity contribution in [2.75, 3.05) is 5.75 Å². The van der Waals surface area contributed by atoms with Crippen molar-refractivity contribution in [3.63, 3.8) is 0 Å². The van der Waals surface area contributed by atoms with Crippen LogP contribution in [0.1, 0.15) is 52.9 Å². The first-order valence-corrected chi connectivity index (χ1v) is 11.3. The average molecular weight is 384 g/mol. The van der Waals surface area contributed by atoms with Crippen LogP contribution in [-0.4, -0.2) is 16.7 Å². The molecule has 144 valence electrons. The monoisotopic (exact) mass is 383 g/mol. The van der Waals surface area contributed by atoms with E-state index in [9.17, 15) is 9.59 Å². The molecule has 27 heavy (non-hydrogen) atoms. The lowest BCUT2D eigenvalue weighted by Gasteiger charge is -2.58. The molecule has 0 unspecified atom stereocenters. The van der Waals surface area contributed by atoms with Gasteiger partial charge in [0, 0.05) is 11.3 Å². The van der Waals surface area contributed by atoms with Crippen molar-refractivity contribution in [2.24, 2.45) is 40.4 Å². The zero-order chi connectivity index (χ0) is 19.4. The molecule has 4 heteroatoms. The Morgan fingerprint density at radius 3 is 2.81 bits per heavy atom. The molecule has 0 heterocycles. The fraction of sp³-hybridized carbons (Fsp3) is 0.696. The van der Waals surface area contributed by atoms with E-state index in [1.807, 2.05) is 6.08 Å². The van der Waals surface area contributed by atoms with Crippen LogP contribution in [0.5, 0.6) is 0 Å². The lowest BCUT2D eigenvalue weighted by atomic mass is 9.46. The van der Waals surface area contributed by atoms with Crippen molar-refractivity contribution >= 4 is 22.7 Å². The molecule has 3 saturated carbocycles. The van der Waals surface area contributed by atoms with Crippen molar-refractivity contribution in [1.82, 2.24) is 0 Å². The SMILES string of the molecule is C[C@H]1C[C@H]2[C@@H]3CC[C@H](C(=O)SCC#N)[C@@]3(C)CC[C@@H]2[C@@]2(C)C=CC(=O)C=C12. The Bertz CT molecular complexity index is 778. The smallest absolute Gasteiger partial charge is 0.193 e. The molecule has 3 fully saturated rings. The van der Waals surface area contributed by atoms with Gasteiger partial charge in [0.1, 0.15) is 0 Å². The van der Waals surface area contributed by atoms with Gasteiger partial charge < -0.3 is 0 Å². The zero-order valence-corrected chi connectivity index (χ0v) is 17.3. The number of allylic oxidation sites excluding steroid dienone is 4. The molecule has 4 aliphatic rings. The van der Waals surface area contributed by atoms with E-state index >= 15 is 0 Å². The molecule has 0 aromatic carbocycles. The van der Waals surface area contributed by atoms with Gasteiger partial charge in [-0.15, -0.1) is 0 Å². The van der Waals surface area contributed by atoms with Crippen LogP contribution >= 0.6 is 11.8 Å². The average Bonchev–Trinajstić information content (AvgIpc) is 2.99. The minimum atomic E-state index is -0.00473. The van der Waals surface area contributed by atoms with E-state index in [4.69, 9.17) is 5.26 Å². The molecule has 0 bridgehead atoms. The first-order chi connectivity index (χ1) is 12.8. The fourth-order valence-corrected chi connectivity index (χ4v) is 8.00. The maximum Gasteiger partial charge on any atom is 0.193 e. The Morgan fingerprint density at radius 1 is 1.30 bits per heavy atom. The summed E-state index contributed by atoms with van der Waals surface area (Å²) in [6.45, 7) is 6.95. The quantitative estimate of drug-likeness (QED) is 0.678. The summed E-state index contributed by atoms with van der Waals surface area (Å²) >= 11 is 1.22. The second-order valence-corrected chi connectivity index (χ2v) is 10.6. The van der Waals surface area contributed by atoms with Gasteiger partial charge in [-0.2, -0.15) is 5.26 Å². The number of ketones is 1. The van der Waals surface area contributed by atoms with Crippen molar-refractivity contribution in [3.8, 4) is 6.07 Å². The Kier molecular flexibility index (Phi) is 4.66. The molecule has 0 spiro atoms. The van der Waals surface area contributed by atoms with E-state index in [-0.39, 0.29) is 33.4 Å². The number of carbonyl (C=O) groups is 2. The molecule has 0 aromatic heterocycles. The first-order valence-electron chi connectivity index (χ1n) is 10.3. The largest absolute Gasteiger partial charge is 0.290 e. The molecule has 0 aliphatic heterocycles. The van der Waals surface area contributed by atoms with Gasteiger partial charge in [-0.25, -0.2) is 0 Å². The second-order valence-electron chi connectivity index (χ2n) is 9.57. The van der Waals surface area contributed by atoms with E-state index in [2.05, 4.69) is 32.9 Å². The highest BCUT2D eigenvalue weighted by atomic mass is 32.2. The summed E-state index contributed by atoms with van der Waals surface area (Å²) in [6, 6.07) is 2.10. The first kappa shape index (κ1) is 19.0. The number of hydrogen-bond acceptors (Lipinski definition) is 4. The lowest BCUT2D eigenvalue weighted by molar-refractivity contribution is -0.121. The summed E-state index contributed by atoms with van der Waals surface area (Å²) in [7, 11) is 0. The molecule has 7 atom stereocenters. The molecule has 3 nitrogen and oxygen atoms in total. The van der Waals surface area contributed by atoms with E-state index in [0.717, 1.165) is 32.1 Å². The number of carbonyl (C=O) groups excluding carboxylic acids is 2. The minimum Gasteiger partial charge on any atom is -0.290 e. The minimum absolute atomic E-state index is 0.00473. The molecular formula is C23H29NO2S. The summed E-state index contributed by atoms with van der Waals surface area (Å²) in [5.41, 5.74) is 1.40. The molecule has 4 rings (SSSR count). The number of rotatable bonds is 2.